The Kier molecular flexibility index (Phi) is 7.71. The molecule has 0 spiro atoms. The summed E-state index contributed by atoms with van der Waals surface area (Å²) in [6.07, 6.45) is 1.05. The predicted molar refractivity (Wildman–Crippen MR) is 104 cm³/mol. The van der Waals surface area contributed by atoms with Crippen LogP contribution >= 0.6 is 15.9 Å². The van der Waals surface area contributed by atoms with Gasteiger partial charge in [0.05, 0.1) is 12.6 Å². The van der Waals surface area contributed by atoms with Gasteiger partial charge in [0.2, 0.25) is 5.91 Å². The first kappa shape index (κ1) is 19.7. The molecule has 1 amide bonds. The van der Waals surface area contributed by atoms with E-state index in [0.29, 0.717) is 11.9 Å². The van der Waals surface area contributed by atoms with Crippen LogP contribution in [0, 0.1) is 5.92 Å². The molecule has 6 nitrogen and oxygen atoms in total. The highest BCUT2D eigenvalue weighted by Gasteiger charge is 2.17. The summed E-state index contributed by atoms with van der Waals surface area (Å²) < 4.78 is 6.46. The summed E-state index contributed by atoms with van der Waals surface area (Å²) in [5.41, 5.74) is 1.14. The fourth-order valence-electron chi connectivity index (χ4n) is 2.54. The molecule has 1 fully saturated rings. The number of nitrogens with zero attached hydrogens (tertiary/aromatic N) is 2. The Bertz CT molecular complexity index is 600. The van der Waals surface area contributed by atoms with Gasteiger partial charge in [0, 0.05) is 37.6 Å². The molecule has 0 saturated carbocycles. The number of carbonyl (C=O) groups is 1. The van der Waals surface area contributed by atoms with Crippen molar-refractivity contribution in [1.29, 1.82) is 0 Å². The van der Waals surface area contributed by atoms with Gasteiger partial charge in [0.1, 0.15) is 6.54 Å². The summed E-state index contributed by atoms with van der Waals surface area (Å²) in [6, 6.07) is 8.13. The lowest BCUT2D eigenvalue weighted by molar-refractivity contribution is -0.127. The fraction of sp³-hybridized carbons (Fsp3) is 0.556. The molecule has 0 bridgehead atoms. The summed E-state index contributed by atoms with van der Waals surface area (Å²) >= 11 is 3.58. The highest BCUT2D eigenvalue weighted by molar-refractivity contribution is 9.10. The van der Waals surface area contributed by atoms with Gasteiger partial charge in [-0.3, -0.25) is 4.79 Å². The van der Waals surface area contributed by atoms with Crippen molar-refractivity contribution >= 4 is 27.8 Å². The Balaban J connectivity index is 2.02. The Morgan fingerprint density at radius 1 is 1.44 bits per heavy atom. The van der Waals surface area contributed by atoms with Crippen LogP contribution in [-0.4, -0.2) is 57.2 Å². The number of aliphatic imine (C=N–C) groups is 1. The third-order valence-corrected chi connectivity index (χ3v) is 4.90. The maximum absolute atomic E-state index is 11.9. The third-order valence-electron chi connectivity index (χ3n) is 4.18. The van der Waals surface area contributed by atoms with Gasteiger partial charge in [-0.25, -0.2) is 4.99 Å². The first-order valence-corrected chi connectivity index (χ1v) is 9.34. The van der Waals surface area contributed by atoms with Gasteiger partial charge in [-0.05, 0) is 25.0 Å². The molecule has 2 atom stereocenters. The lowest BCUT2D eigenvalue weighted by atomic mass is 10.1. The van der Waals surface area contributed by atoms with Crippen molar-refractivity contribution in [3.63, 3.8) is 0 Å². The van der Waals surface area contributed by atoms with E-state index in [1.165, 1.54) is 0 Å². The van der Waals surface area contributed by atoms with Crippen LogP contribution in [0.3, 0.4) is 0 Å². The van der Waals surface area contributed by atoms with E-state index in [0.717, 1.165) is 36.2 Å². The molecule has 1 aliphatic heterocycles. The predicted octanol–water partition coefficient (Wildman–Crippen LogP) is 2.17. The number of guanidine groups is 1. The second-order valence-electron chi connectivity index (χ2n) is 6.45. The zero-order valence-electron chi connectivity index (χ0n) is 15.1. The van der Waals surface area contributed by atoms with Crippen molar-refractivity contribution in [3.8, 4) is 0 Å². The summed E-state index contributed by atoms with van der Waals surface area (Å²) in [7, 11) is 3.47. The lowest BCUT2D eigenvalue weighted by Gasteiger charge is -2.21. The standard InChI is InChI=1S/C18H27BrN4O2/c1-13(15-6-4-5-7-16(15)19)22-18(21-11-17(24)23(2)3)20-10-14-8-9-25-12-14/h4-7,13-14H,8-12H2,1-3H3,(H2,20,21,22). The highest BCUT2D eigenvalue weighted by Crippen LogP contribution is 2.22. The molecule has 138 valence electrons. The van der Waals surface area contributed by atoms with Crippen molar-refractivity contribution in [2.45, 2.75) is 19.4 Å². The first-order chi connectivity index (χ1) is 12.0. The monoisotopic (exact) mass is 410 g/mol. The SMILES string of the molecule is CC(NC(=NCC(=O)N(C)C)NCC1CCOC1)c1ccccc1Br. The minimum absolute atomic E-state index is 0.0288. The molecule has 0 radical (unpaired) electrons. The highest BCUT2D eigenvalue weighted by atomic mass is 79.9. The average Bonchev–Trinajstić information content (AvgIpc) is 3.10. The number of amides is 1. The number of benzene rings is 1. The van der Waals surface area contributed by atoms with Crippen LogP contribution < -0.4 is 10.6 Å². The van der Waals surface area contributed by atoms with Crippen LogP contribution in [0.25, 0.3) is 0 Å². The molecule has 1 aromatic carbocycles. The van der Waals surface area contributed by atoms with Crippen LogP contribution in [0.1, 0.15) is 24.9 Å². The zero-order valence-corrected chi connectivity index (χ0v) is 16.7. The van der Waals surface area contributed by atoms with E-state index in [9.17, 15) is 4.79 Å². The van der Waals surface area contributed by atoms with E-state index in [4.69, 9.17) is 4.74 Å². The van der Waals surface area contributed by atoms with E-state index >= 15 is 0 Å². The van der Waals surface area contributed by atoms with Crippen LogP contribution in [0.2, 0.25) is 0 Å². The summed E-state index contributed by atoms with van der Waals surface area (Å²) in [5.74, 6) is 1.10. The van der Waals surface area contributed by atoms with Crippen LogP contribution in [0.15, 0.2) is 33.7 Å². The van der Waals surface area contributed by atoms with Gasteiger partial charge >= 0.3 is 0 Å². The second kappa shape index (κ2) is 9.77. The number of hydrogen-bond acceptors (Lipinski definition) is 3. The fourth-order valence-corrected chi connectivity index (χ4v) is 3.16. The molecule has 25 heavy (non-hydrogen) atoms. The van der Waals surface area contributed by atoms with Gasteiger partial charge in [-0.1, -0.05) is 34.1 Å². The molecule has 1 saturated heterocycles. The van der Waals surface area contributed by atoms with E-state index in [-0.39, 0.29) is 18.5 Å². The molecule has 2 unspecified atom stereocenters. The first-order valence-electron chi connectivity index (χ1n) is 8.54. The zero-order chi connectivity index (χ0) is 18.2. The van der Waals surface area contributed by atoms with Crippen molar-refractivity contribution in [2.24, 2.45) is 10.9 Å². The molecule has 7 heteroatoms. The van der Waals surface area contributed by atoms with Gasteiger partial charge in [0.25, 0.3) is 0 Å². The summed E-state index contributed by atoms with van der Waals surface area (Å²) in [4.78, 5) is 17.8. The average molecular weight is 411 g/mol. The van der Waals surface area contributed by atoms with Crippen molar-refractivity contribution in [3.05, 3.63) is 34.3 Å². The quantitative estimate of drug-likeness (QED) is 0.556. The van der Waals surface area contributed by atoms with Gasteiger partial charge in [-0.15, -0.1) is 0 Å². The number of hydrogen-bond donors (Lipinski definition) is 2. The normalized spacial score (nSPS) is 18.7. The summed E-state index contributed by atoms with van der Waals surface area (Å²) in [6.45, 7) is 4.57. The van der Waals surface area contributed by atoms with Gasteiger partial charge < -0.3 is 20.3 Å². The molecule has 1 aromatic rings. The van der Waals surface area contributed by atoms with Crippen LogP contribution in [0.5, 0.6) is 0 Å². The molecule has 2 rings (SSSR count). The van der Waals surface area contributed by atoms with Gasteiger partial charge in [0.15, 0.2) is 5.96 Å². The van der Waals surface area contributed by atoms with E-state index < -0.39 is 0 Å². The van der Waals surface area contributed by atoms with E-state index in [2.05, 4.69) is 44.5 Å². The number of carbonyl (C=O) groups excluding carboxylic acids is 1. The Labute approximate surface area is 158 Å². The Morgan fingerprint density at radius 3 is 2.84 bits per heavy atom. The molecule has 1 aliphatic rings. The largest absolute Gasteiger partial charge is 0.381 e. The number of likely N-dealkylation sites (N-methyl/N-ethyl adjacent to an activating group) is 1. The smallest absolute Gasteiger partial charge is 0.243 e. The third kappa shape index (κ3) is 6.32. The van der Waals surface area contributed by atoms with E-state index in [1.807, 2.05) is 18.2 Å². The number of rotatable bonds is 6. The minimum atomic E-state index is -0.0288. The number of ether oxygens (including phenoxy) is 1. The second-order valence-corrected chi connectivity index (χ2v) is 7.31. The van der Waals surface area contributed by atoms with Crippen molar-refractivity contribution < 1.29 is 9.53 Å². The molecular weight excluding hydrogens is 384 g/mol. The van der Waals surface area contributed by atoms with Gasteiger partial charge in [-0.2, -0.15) is 0 Å². The van der Waals surface area contributed by atoms with Crippen LogP contribution in [0.4, 0.5) is 0 Å². The van der Waals surface area contributed by atoms with Crippen molar-refractivity contribution in [1.82, 2.24) is 15.5 Å². The Morgan fingerprint density at radius 2 is 2.20 bits per heavy atom. The lowest BCUT2D eigenvalue weighted by Crippen LogP contribution is -2.42. The number of halogens is 1. The summed E-state index contributed by atoms with van der Waals surface area (Å²) in [5, 5.41) is 6.74. The Hall–Kier alpha value is -1.60. The van der Waals surface area contributed by atoms with Crippen LogP contribution in [-0.2, 0) is 9.53 Å². The molecule has 1 heterocycles. The molecule has 0 aromatic heterocycles. The topological polar surface area (TPSA) is 66.0 Å². The molecule has 2 N–H and O–H groups in total. The van der Waals surface area contributed by atoms with E-state index in [1.54, 1.807) is 19.0 Å². The molecular formula is C18H27BrN4O2. The maximum atomic E-state index is 11.9. The minimum Gasteiger partial charge on any atom is -0.381 e. The molecule has 0 aliphatic carbocycles. The maximum Gasteiger partial charge on any atom is 0.243 e. The number of nitrogens with one attached hydrogen (secondary N) is 2. The van der Waals surface area contributed by atoms with Crippen molar-refractivity contribution in [2.75, 3.05) is 40.4 Å².